The Morgan fingerprint density at radius 1 is 1.06 bits per heavy atom. The Balaban J connectivity index is 1.49. The predicted molar refractivity (Wildman–Crippen MR) is 134 cm³/mol. The van der Waals surface area contributed by atoms with Gasteiger partial charge < -0.3 is 9.80 Å². The highest BCUT2D eigenvalue weighted by Crippen LogP contribution is 2.43. The highest BCUT2D eigenvalue weighted by molar-refractivity contribution is 6.32. The molecule has 1 aromatic heterocycles. The quantitative estimate of drug-likeness (QED) is 0.519. The van der Waals surface area contributed by atoms with Gasteiger partial charge in [-0.1, -0.05) is 35.9 Å². The second kappa shape index (κ2) is 10.8. The molecule has 186 valence electrons. The van der Waals surface area contributed by atoms with Gasteiger partial charge in [-0.05, 0) is 37.9 Å². The molecule has 0 unspecified atom stereocenters. The first-order valence-corrected chi connectivity index (χ1v) is 12.3. The summed E-state index contributed by atoms with van der Waals surface area (Å²) in [5.41, 5.74) is 0.275. The summed E-state index contributed by atoms with van der Waals surface area (Å²) in [6, 6.07) is 12.9. The summed E-state index contributed by atoms with van der Waals surface area (Å²) in [5.74, 6) is -0.720. The van der Waals surface area contributed by atoms with Crippen LogP contribution in [0.5, 0.6) is 0 Å². The summed E-state index contributed by atoms with van der Waals surface area (Å²) >= 11 is 6.52. The molecule has 0 N–H and O–H groups in total. The van der Waals surface area contributed by atoms with Crippen molar-refractivity contribution in [1.29, 1.82) is 0 Å². The smallest absolute Gasteiger partial charge is 0.240 e. The van der Waals surface area contributed by atoms with E-state index in [-0.39, 0.29) is 37.1 Å². The van der Waals surface area contributed by atoms with Crippen molar-refractivity contribution in [1.82, 2.24) is 24.6 Å². The summed E-state index contributed by atoms with van der Waals surface area (Å²) in [6.45, 7) is 4.17. The zero-order valence-corrected chi connectivity index (χ0v) is 21.1. The van der Waals surface area contributed by atoms with Gasteiger partial charge in [0.2, 0.25) is 17.7 Å². The number of nitrogens with zero attached hydrogens (tertiary/aromatic N) is 5. The fourth-order valence-corrected chi connectivity index (χ4v) is 5.18. The SMILES string of the molecule is CN(C)CCN1C(=O)C[C@](CC(=O)N2CCN(Cc3ccccn3)CC2)(c2ccccc2Cl)C1=O. The highest BCUT2D eigenvalue weighted by atomic mass is 35.5. The lowest BCUT2D eigenvalue weighted by atomic mass is 9.75. The van der Waals surface area contributed by atoms with E-state index in [4.69, 9.17) is 11.6 Å². The second-order valence-electron chi connectivity index (χ2n) is 9.55. The van der Waals surface area contributed by atoms with Gasteiger partial charge >= 0.3 is 0 Å². The number of piperazine rings is 1. The molecule has 8 nitrogen and oxygen atoms in total. The summed E-state index contributed by atoms with van der Waals surface area (Å²) < 4.78 is 0. The molecule has 2 saturated heterocycles. The first kappa shape index (κ1) is 25.3. The van der Waals surface area contributed by atoms with Crippen LogP contribution in [-0.2, 0) is 26.3 Å². The normalized spacial score (nSPS) is 21.3. The molecule has 2 aliphatic rings. The maximum absolute atomic E-state index is 13.7. The third kappa shape index (κ3) is 5.55. The van der Waals surface area contributed by atoms with Crippen molar-refractivity contribution in [2.45, 2.75) is 24.8 Å². The predicted octanol–water partition coefficient (Wildman–Crippen LogP) is 2.03. The first-order valence-electron chi connectivity index (χ1n) is 11.9. The van der Waals surface area contributed by atoms with E-state index < -0.39 is 5.41 Å². The van der Waals surface area contributed by atoms with Gasteiger partial charge in [0.1, 0.15) is 0 Å². The number of halogens is 1. The van der Waals surface area contributed by atoms with Crippen LogP contribution in [-0.4, -0.2) is 95.7 Å². The van der Waals surface area contributed by atoms with Gasteiger partial charge in [-0.3, -0.25) is 29.2 Å². The van der Waals surface area contributed by atoms with E-state index in [1.807, 2.05) is 37.2 Å². The Labute approximate surface area is 211 Å². The summed E-state index contributed by atoms with van der Waals surface area (Å²) in [7, 11) is 3.78. The summed E-state index contributed by atoms with van der Waals surface area (Å²) in [4.78, 5) is 51.9. The number of hydrogen-bond donors (Lipinski definition) is 0. The van der Waals surface area contributed by atoms with Crippen LogP contribution in [0.1, 0.15) is 24.1 Å². The molecule has 3 heterocycles. The number of likely N-dealkylation sites (N-methyl/N-ethyl adjacent to an activating group) is 1. The number of hydrogen-bond acceptors (Lipinski definition) is 6. The van der Waals surface area contributed by atoms with Crippen molar-refractivity contribution in [3.63, 3.8) is 0 Å². The Kier molecular flexibility index (Phi) is 7.84. The van der Waals surface area contributed by atoms with Crippen LogP contribution >= 0.6 is 11.6 Å². The van der Waals surface area contributed by atoms with Gasteiger partial charge in [0.15, 0.2) is 0 Å². The second-order valence-corrected chi connectivity index (χ2v) is 9.95. The average molecular weight is 498 g/mol. The number of benzene rings is 1. The van der Waals surface area contributed by atoms with Crippen LogP contribution in [0.3, 0.4) is 0 Å². The number of carbonyl (C=O) groups is 3. The van der Waals surface area contributed by atoms with Crippen molar-refractivity contribution in [3.8, 4) is 0 Å². The third-order valence-corrected chi connectivity index (χ3v) is 7.19. The number of carbonyl (C=O) groups excluding carboxylic acids is 3. The van der Waals surface area contributed by atoms with Gasteiger partial charge in [-0.25, -0.2) is 0 Å². The standard InChI is InChI=1S/C26H32ClN5O3/c1-29(2)11-16-32-24(34)18-26(25(32)35,21-8-3-4-9-22(21)27)17-23(33)31-14-12-30(13-15-31)19-20-7-5-6-10-28-20/h3-10H,11-19H2,1-2H3/t26-/m1/s1. The van der Waals surface area contributed by atoms with E-state index in [1.54, 1.807) is 35.4 Å². The molecule has 4 rings (SSSR count). The minimum absolute atomic E-state index is 0.0472. The van der Waals surface area contributed by atoms with Crippen LogP contribution in [0.4, 0.5) is 0 Å². The summed E-state index contributed by atoms with van der Waals surface area (Å²) in [6.07, 6.45) is 1.67. The minimum Gasteiger partial charge on any atom is -0.340 e. The number of likely N-dealkylation sites (tertiary alicyclic amines) is 1. The number of imide groups is 1. The van der Waals surface area contributed by atoms with Crippen LogP contribution in [0, 0.1) is 0 Å². The fourth-order valence-electron chi connectivity index (χ4n) is 4.87. The molecule has 2 fully saturated rings. The topological polar surface area (TPSA) is 77.1 Å². The molecule has 35 heavy (non-hydrogen) atoms. The van der Waals surface area contributed by atoms with E-state index in [9.17, 15) is 14.4 Å². The lowest BCUT2D eigenvalue weighted by Gasteiger charge is -2.36. The van der Waals surface area contributed by atoms with Crippen LogP contribution < -0.4 is 0 Å². The zero-order valence-electron chi connectivity index (χ0n) is 20.3. The average Bonchev–Trinajstić information content (AvgIpc) is 3.08. The number of rotatable bonds is 8. The minimum atomic E-state index is -1.27. The zero-order chi connectivity index (χ0) is 25.0. The number of amides is 3. The molecule has 0 saturated carbocycles. The summed E-state index contributed by atoms with van der Waals surface area (Å²) in [5, 5.41) is 0.399. The third-order valence-electron chi connectivity index (χ3n) is 6.86. The van der Waals surface area contributed by atoms with Crippen molar-refractivity contribution in [2.75, 3.05) is 53.4 Å². The molecule has 3 amide bonds. The Morgan fingerprint density at radius 3 is 2.43 bits per heavy atom. The lowest BCUT2D eigenvalue weighted by Crippen LogP contribution is -2.51. The van der Waals surface area contributed by atoms with Crippen molar-refractivity contribution >= 4 is 29.3 Å². The van der Waals surface area contributed by atoms with Crippen molar-refractivity contribution < 1.29 is 14.4 Å². The van der Waals surface area contributed by atoms with Crippen LogP contribution in [0.15, 0.2) is 48.7 Å². The highest BCUT2D eigenvalue weighted by Gasteiger charge is 2.54. The van der Waals surface area contributed by atoms with E-state index in [1.165, 1.54) is 4.90 Å². The lowest BCUT2D eigenvalue weighted by molar-refractivity contribution is -0.143. The van der Waals surface area contributed by atoms with Crippen LogP contribution in [0.2, 0.25) is 5.02 Å². The van der Waals surface area contributed by atoms with Crippen molar-refractivity contribution in [2.24, 2.45) is 0 Å². The number of pyridine rings is 1. The molecular formula is C26H32ClN5O3. The van der Waals surface area contributed by atoms with Crippen molar-refractivity contribution in [3.05, 3.63) is 64.9 Å². The molecule has 0 radical (unpaired) electrons. The molecule has 1 atom stereocenters. The Bertz CT molecular complexity index is 1070. The Morgan fingerprint density at radius 2 is 1.77 bits per heavy atom. The Hall–Kier alpha value is -2.81. The van der Waals surface area contributed by atoms with Crippen LogP contribution in [0.25, 0.3) is 0 Å². The molecule has 9 heteroatoms. The number of aromatic nitrogens is 1. The van der Waals surface area contributed by atoms with Gasteiger partial charge in [0, 0.05) is 69.9 Å². The maximum atomic E-state index is 13.7. The van der Waals surface area contributed by atoms with Gasteiger partial charge in [0.05, 0.1) is 11.1 Å². The maximum Gasteiger partial charge on any atom is 0.240 e. The molecule has 0 bridgehead atoms. The largest absolute Gasteiger partial charge is 0.340 e. The van der Waals surface area contributed by atoms with E-state index >= 15 is 0 Å². The van der Waals surface area contributed by atoms with E-state index in [0.717, 1.165) is 25.3 Å². The molecule has 0 spiro atoms. The van der Waals surface area contributed by atoms with Gasteiger partial charge in [-0.15, -0.1) is 0 Å². The fraction of sp³-hybridized carbons (Fsp3) is 0.462. The molecule has 0 aliphatic carbocycles. The molecular weight excluding hydrogens is 466 g/mol. The van der Waals surface area contributed by atoms with Gasteiger partial charge in [-0.2, -0.15) is 0 Å². The first-order chi connectivity index (χ1) is 16.8. The van der Waals surface area contributed by atoms with E-state index in [0.29, 0.717) is 30.2 Å². The van der Waals surface area contributed by atoms with Gasteiger partial charge in [0.25, 0.3) is 0 Å². The molecule has 2 aromatic rings. The monoisotopic (exact) mass is 497 g/mol. The molecule has 2 aliphatic heterocycles. The molecule has 1 aromatic carbocycles. The van der Waals surface area contributed by atoms with E-state index in [2.05, 4.69) is 9.88 Å².